The molecule has 32 heavy (non-hydrogen) atoms. The summed E-state index contributed by atoms with van der Waals surface area (Å²) in [5, 5.41) is 2.75. The van der Waals surface area contributed by atoms with Crippen LogP contribution in [0.1, 0.15) is 19.2 Å². The van der Waals surface area contributed by atoms with Gasteiger partial charge in [0.05, 0.1) is 37.4 Å². The van der Waals surface area contributed by atoms with E-state index in [2.05, 4.69) is 15.3 Å². The predicted octanol–water partition coefficient (Wildman–Crippen LogP) is 2.19. The summed E-state index contributed by atoms with van der Waals surface area (Å²) in [6, 6.07) is 11.9. The summed E-state index contributed by atoms with van der Waals surface area (Å²) < 4.78 is 10.8. The monoisotopic (exact) mass is 435 g/mol. The Labute approximate surface area is 185 Å². The fourth-order valence-electron chi connectivity index (χ4n) is 3.89. The minimum absolute atomic E-state index is 0.0589. The van der Waals surface area contributed by atoms with E-state index in [1.54, 1.807) is 37.3 Å². The molecular weight excluding hydrogens is 410 g/mol. The molecule has 0 bridgehead atoms. The van der Waals surface area contributed by atoms with Gasteiger partial charge in [0, 0.05) is 24.7 Å². The number of nitrogens with zero attached hydrogens (tertiary/aromatic N) is 2. The van der Waals surface area contributed by atoms with Gasteiger partial charge in [-0.1, -0.05) is 12.1 Å². The molecule has 3 aromatic rings. The number of ether oxygens (including phenoxy) is 2. The second-order valence-corrected chi connectivity index (χ2v) is 7.34. The molecule has 0 spiro atoms. The van der Waals surface area contributed by atoms with Gasteiger partial charge in [-0.05, 0) is 19.1 Å². The Kier molecular flexibility index (Phi) is 5.72. The van der Waals surface area contributed by atoms with Gasteiger partial charge in [0.2, 0.25) is 5.91 Å². The smallest absolute Gasteiger partial charge is 0.222 e. The molecule has 1 amide bonds. The van der Waals surface area contributed by atoms with Gasteiger partial charge >= 0.3 is 0 Å². The molecule has 2 heterocycles. The van der Waals surface area contributed by atoms with Crippen molar-refractivity contribution in [3.05, 3.63) is 54.1 Å². The number of nitrogens with one attached hydrogen (secondary N) is 2. The van der Waals surface area contributed by atoms with E-state index in [0.717, 1.165) is 11.0 Å². The summed E-state index contributed by atoms with van der Waals surface area (Å²) in [7, 11) is 3.08. The quantitative estimate of drug-likeness (QED) is 0.520. The maximum absolute atomic E-state index is 13.5. The third-order valence-corrected chi connectivity index (χ3v) is 5.37. The molecule has 1 aromatic heterocycles. The fraction of sp³-hybridized carbons (Fsp3) is 0.261. The number of fused-ring (bicyclic) bond motifs is 1. The first kappa shape index (κ1) is 21.2. The van der Waals surface area contributed by atoms with Gasteiger partial charge in [0.15, 0.2) is 5.78 Å². The molecule has 0 fully saturated rings. The third-order valence-electron chi connectivity index (χ3n) is 5.37. The number of carbonyl (C=O) groups is 2. The van der Waals surface area contributed by atoms with Gasteiger partial charge in [-0.15, -0.1) is 0 Å². The van der Waals surface area contributed by atoms with E-state index in [1.165, 1.54) is 0 Å². The first-order chi connectivity index (χ1) is 15.5. The molecule has 9 nitrogen and oxygen atoms in total. The number of carbonyl (C=O) groups excluding carboxylic acids is 2. The van der Waals surface area contributed by atoms with Crippen molar-refractivity contribution in [2.45, 2.75) is 19.4 Å². The number of hydrogen-bond donors (Lipinski definition) is 3. The molecule has 4 rings (SSSR count). The van der Waals surface area contributed by atoms with Gasteiger partial charge in [-0.3, -0.25) is 9.59 Å². The molecule has 9 heteroatoms. The van der Waals surface area contributed by atoms with E-state index in [4.69, 9.17) is 15.2 Å². The number of aromatic amines is 1. The lowest BCUT2D eigenvalue weighted by molar-refractivity contribution is -0.124. The van der Waals surface area contributed by atoms with Gasteiger partial charge in [-0.25, -0.2) is 4.98 Å². The molecule has 4 N–H and O–H groups in total. The van der Waals surface area contributed by atoms with E-state index >= 15 is 0 Å². The summed E-state index contributed by atoms with van der Waals surface area (Å²) in [5.74, 6) is 1.12. The Morgan fingerprint density at radius 3 is 2.50 bits per heavy atom. The highest BCUT2D eigenvalue weighted by Gasteiger charge is 2.42. The van der Waals surface area contributed by atoms with E-state index in [9.17, 15) is 9.59 Å². The van der Waals surface area contributed by atoms with Crippen LogP contribution in [0.3, 0.4) is 0 Å². The highest BCUT2D eigenvalue weighted by atomic mass is 16.5. The zero-order valence-corrected chi connectivity index (χ0v) is 18.1. The second kappa shape index (κ2) is 8.62. The number of imidazole rings is 1. The van der Waals surface area contributed by atoms with Gasteiger partial charge in [0.1, 0.15) is 34.8 Å². The predicted molar refractivity (Wildman–Crippen MR) is 121 cm³/mol. The van der Waals surface area contributed by atoms with E-state index in [1.807, 2.05) is 31.2 Å². The lowest BCUT2D eigenvalue weighted by Gasteiger charge is -2.27. The van der Waals surface area contributed by atoms with Crippen molar-refractivity contribution in [3.63, 3.8) is 0 Å². The highest BCUT2D eigenvalue weighted by molar-refractivity contribution is 6.28. The van der Waals surface area contributed by atoms with Crippen LogP contribution in [-0.2, 0) is 9.59 Å². The van der Waals surface area contributed by atoms with Crippen LogP contribution < -0.4 is 25.4 Å². The number of ketones is 1. The molecule has 1 atom stereocenters. The molecule has 0 aliphatic carbocycles. The van der Waals surface area contributed by atoms with Gasteiger partial charge < -0.3 is 30.4 Å². The van der Waals surface area contributed by atoms with E-state index in [-0.39, 0.29) is 29.5 Å². The lowest BCUT2D eigenvalue weighted by atomic mass is 10.0. The molecule has 0 saturated carbocycles. The molecular formula is C23H25N5O4. The number of benzene rings is 2. The van der Waals surface area contributed by atoms with Crippen molar-refractivity contribution < 1.29 is 19.1 Å². The van der Waals surface area contributed by atoms with Crippen molar-refractivity contribution in [2.24, 2.45) is 5.73 Å². The van der Waals surface area contributed by atoms with Crippen LogP contribution in [0.4, 0.5) is 5.69 Å². The summed E-state index contributed by atoms with van der Waals surface area (Å²) >= 11 is 0. The van der Waals surface area contributed by atoms with Gasteiger partial charge in [0.25, 0.3) is 0 Å². The Bertz CT molecular complexity index is 1160. The number of anilines is 1. The van der Waals surface area contributed by atoms with E-state index in [0.29, 0.717) is 29.6 Å². The molecule has 0 saturated heterocycles. The van der Waals surface area contributed by atoms with Crippen molar-refractivity contribution in [1.29, 1.82) is 0 Å². The Morgan fingerprint density at radius 1 is 1.19 bits per heavy atom. The van der Waals surface area contributed by atoms with Crippen LogP contribution in [0.25, 0.3) is 16.6 Å². The largest absolute Gasteiger partial charge is 0.497 e. The van der Waals surface area contributed by atoms with Crippen LogP contribution in [0.5, 0.6) is 11.5 Å². The maximum atomic E-state index is 13.5. The first-order valence-electron chi connectivity index (χ1n) is 10.2. The number of aromatic nitrogens is 2. The van der Waals surface area contributed by atoms with Crippen LogP contribution in [0.15, 0.2) is 48.3 Å². The van der Waals surface area contributed by atoms with Crippen LogP contribution in [0.2, 0.25) is 0 Å². The minimum atomic E-state index is -0.832. The summed E-state index contributed by atoms with van der Waals surface area (Å²) in [4.78, 5) is 35.3. The van der Waals surface area contributed by atoms with Crippen LogP contribution >= 0.6 is 0 Å². The van der Waals surface area contributed by atoms with E-state index < -0.39 is 6.04 Å². The minimum Gasteiger partial charge on any atom is -0.497 e. The maximum Gasteiger partial charge on any atom is 0.222 e. The number of methoxy groups -OCH3 is 2. The number of rotatable bonds is 7. The molecule has 1 aliphatic heterocycles. The number of amides is 1. The van der Waals surface area contributed by atoms with Crippen molar-refractivity contribution in [2.75, 3.05) is 25.7 Å². The Morgan fingerprint density at radius 2 is 1.88 bits per heavy atom. The van der Waals surface area contributed by atoms with Crippen molar-refractivity contribution >= 4 is 34.0 Å². The number of Topliss-reactive ketones (excluding diaryl/α,β-unsaturated/α-hetero) is 1. The van der Waals surface area contributed by atoms with Crippen molar-refractivity contribution in [1.82, 2.24) is 15.3 Å². The number of para-hydroxylation sites is 2. The zero-order chi connectivity index (χ0) is 22.8. The number of hydrogen-bond acceptors (Lipinski definition) is 7. The first-order valence-corrected chi connectivity index (χ1v) is 10.2. The molecule has 1 aliphatic rings. The molecule has 2 aromatic carbocycles. The summed E-state index contributed by atoms with van der Waals surface area (Å²) in [5.41, 5.74) is 8.87. The Hall–Kier alpha value is -4.01. The normalized spacial score (nSPS) is 16.0. The standard InChI is InChI=1S/C23H25N5O4/c1-4-25-19(29)12-18-21(30)20(23-26-16-7-5-6-8-17(16)27-23)22(24)28(18)13-9-14(31-2)11-15(10-13)32-3/h5-11,18H,4,12,24H2,1-3H3,(H,25,29)(H,26,27). The fourth-order valence-corrected chi connectivity index (χ4v) is 3.89. The molecule has 1 unspecified atom stereocenters. The average Bonchev–Trinajstić information content (AvgIpc) is 3.31. The summed E-state index contributed by atoms with van der Waals surface area (Å²) in [6.07, 6.45) is -0.0589. The second-order valence-electron chi connectivity index (χ2n) is 7.34. The van der Waals surface area contributed by atoms with Crippen LogP contribution in [-0.4, -0.2) is 48.5 Å². The SMILES string of the molecule is CCNC(=O)CC1C(=O)C(c2nc3ccccc3[nH]2)=C(N)N1c1cc(OC)cc(OC)c1. The number of nitrogens with two attached hydrogens (primary N) is 1. The number of H-pyrrole nitrogens is 1. The third kappa shape index (κ3) is 3.73. The van der Waals surface area contributed by atoms with Crippen molar-refractivity contribution in [3.8, 4) is 11.5 Å². The molecule has 0 radical (unpaired) electrons. The highest BCUT2D eigenvalue weighted by Crippen LogP contribution is 2.38. The summed E-state index contributed by atoms with van der Waals surface area (Å²) in [6.45, 7) is 2.29. The topological polar surface area (TPSA) is 123 Å². The lowest BCUT2D eigenvalue weighted by Crippen LogP contribution is -2.40. The molecule has 166 valence electrons. The average molecular weight is 435 g/mol. The Balaban J connectivity index is 1.84. The van der Waals surface area contributed by atoms with Gasteiger partial charge in [-0.2, -0.15) is 0 Å². The van der Waals surface area contributed by atoms with Crippen LogP contribution in [0, 0.1) is 0 Å². The zero-order valence-electron chi connectivity index (χ0n) is 18.1.